The molecule has 0 aliphatic heterocycles. The Hall–Kier alpha value is -1.63. The summed E-state index contributed by atoms with van der Waals surface area (Å²) in [4.78, 5) is 11.6. The summed E-state index contributed by atoms with van der Waals surface area (Å²) >= 11 is 0. The van der Waals surface area contributed by atoms with Crippen molar-refractivity contribution in [1.82, 2.24) is 0 Å². The van der Waals surface area contributed by atoms with Gasteiger partial charge in [-0.3, -0.25) is 4.79 Å². The molecule has 0 amide bonds. The first-order chi connectivity index (χ1) is 6.83. The number of Topliss-reactive ketones (excluding diaryl/α,β-unsaturated/α-hetero) is 1. The number of benzene rings is 2. The first-order valence-corrected chi connectivity index (χ1v) is 4.64. The van der Waals surface area contributed by atoms with Gasteiger partial charge in [-0.25, -0.2) is 0 Å². The van der Waals surface area contributed by atoms with Crippen LogP contribution >= 0.6 is 0 Å². The summed E-state index contributed by atoms with van der Waals surface area (Å²) in [6.07, 6.45) is 1.60. The van der Waals surface area contributed by atoms with Crippen molar-refractivity contribution in [2.45, 2.75) is 6.92 Å². The molecule has 0 unspecified atom stereocenters. The Balaban J connectivity index is 2.71. The normalized spacial score (nSPS) is 10.4. The minimum Gasteiger partial charge on any atom is -0.294 e. The standard InChI is InChI=1S/C13H11O/c1-2-13(14)12-9-5-7-10-6-3-4-8-11(10)12/h2-9H,1H3. The van der Waals surface area contributed by atoms with Crippen LogP contribution in [-0.2, 0) is 0 Å². The molecule has 1 nitrogen and oxygen atoms in total. The van der Waals surface area contributed by atoms with Gasteiger partial charge in [-0.15, -0.1) is 0 Å². The van der Waals surface area contributed by atoms with E-state index in [0.717, 1.165) is 16.3 Å². The van der Waals surface area contributed by atoms with Gasteiger partial charge in [-0.1, -0.05) is 49.4 Å². The van der Waals surface area contributed by atoms with E-state index in [1.165, 1.54) is 0 Å². The molecule has 0 atom stereocenters. The molecule has 2 rings (SSSR count). The summed E-state index contributed by atoms with van der Waals surface area (Å²) in [5, 5.41) is 2.14. The molecule has 69 valence electrons. The summed E-state index contributed by atoms with van der Waals surface area (Å²) in [7, 11) is 0. The quantitative estimate of drug-likeness (QED) is 0.653. The van der Waals surface area contributed by atoms with Gasteiger partial charge in [0.05, 0.1) is 0 Å². The zero-order chi connectivity index (χ0) is 9.97. The Morgan fingerprint density at radius 2 is 1.79 bits per heavy atom. The molecule has 0 N–H and O–H groups in total. The van der Waals surface area contributed by atoms with Crippen molar-refractivity contribution in [2.24, 2.45) is 0 Å². The molecular weight excluding hydrogens is 172 g/mol. The number of rotatable bonds is 2. The molecule has 1 heteroatoms. The van der Waals surface area contributed by atoms with Crippen molar-refractivity contribution in [3.05, 3.63) is 54.4 Å². The van der Waals surface area contributed by atoms with Crippen molar-refractivity contribution < 1.29 is 4.79 Å². The van der Waals surface area contributed by atoms with Crippen LogP contribution in [-0.4, -0.2) is 5.78 Å². The first kappa shape index (κ1) is 8.95. The third-order valence-corrected chi connectivity index (χ3v) is 2.32. The van der Waals surface area contributed by atoms with Gasteiger partial charge < -0.3 is 0 Å². The van der Waals surface area contributed by atoms with E-state index < -0.39 is 0 Å². The van der Waals surface area contributed by atoms with E-state index in [2.05, 4.69) is 0 Å². The fourth-order valence-corrected chi connectivity index (χ4v) is 1.60. The number of hydrogen-bond donors (Lipinski definition) is 0. The number of carbonyl (C=O) groups is 1. The lowest BCUT2D eigenvalue weighted by Crippen LogP contribution is -1.97. The van der Waals surface area contributed by atoms with Crippen LogP contribution in [0.15, 0.2) is 42.5 Å². The summed E-state index contributed by atoms with van der Waals surface area (Å²) in [6, 6.07) is 13.7. The van der Waals surface area contributed by atoms with Crippen molar-refractivity contribution in [1.29, 1.82) is 0 Å². The molecule has 1 radical (unpaired) electrons. The van der Waals surface area contributed by atoms with Crippen LogP contribution in [0.2, 0.25) is 0 Å². The highest BCUT2D eigenvalue weighted by atomic mass is 16.1. The van der Waals surface area contributed by atoms with Crippen LogP contribution in [0.5, 0.6) is 0 Å². The molecule has 0 aliphatic rings. The average Bonchev–Trinajstić information content (AvgIpc) is 2.27. The number of carbonyl (C=O) groups excluding carboxylic acids is 1. The van der Waals surface area contributed by atoms with Crippen LogP contribution in [0.4, 0.5) is 0 Å². The largest absolute Gasteiger partial charge is 0.294 e. The number of fused-ring (bicyclic) bond motifs is 1. The zero-order valence-electron chi connectivity index (χ0n) is 8.03. The van der Waals surface area contributed by atoms with Gasteiger partial charge in [-0.2, -0.15) is 0 Å². The molecule has 0 spiro atoms. The third kappa shape index (κ3) is 1.41. The van der Waals surface area contributed by atoms with Gasteiger partial charge in [0.25, 0.3) is 0 Å². The van der Waals surface area contributed by atoms with Crippen LogP contribution < -0.4 is 0 Å². The maximum atomic E-state index is 11.6. The Labute approximate surface area is 83.4 Å². The first-order valence-electron chi connectivity index (χ1n) is 4.64. The second-order valence-corrected chi connectivity index (χ2v) is 3.18. The van der Waals surface area contributed by atoms with Gasteiger partial charge in [0.1, 0.15) is 0 Å². The zero-order valence-corrected chi connectivity index (χ0v) is 8.03. The maximum absolute atomic E-state index is 11.6. The van der Waals surface area contributed by atoms with Gasteiger partial charge in [0, 0.05) is 12.0 Å². The highest BCUT2D eigenvalue weighted by molar-refractivity contribution is 6.11. The molecule has 0 fully saturated rings. The molecule has 0 aliphatic carbocycles. The molecule has 0 bridgehead atoms. The van der Waals surface area contributed by atoms with Gasteiger partial charge in [0.2, 0.25) is 0 Å². The van der Waals surface area contributed by atoms with E-state index in [-0.39, 0.29) is 5.78 Å². The van der Waals surface area contributed by atoms with Gasteiger partial charge in [-0.05, 0) is 10.8 Å². The van der Waals surface area contributed by atoms with E-state index in [0.29, 0.717) is 0 Å². The van der Waals surface area contributed by atoms with Gasteiger partial charge >= 0.3 is 0 Å². The molecular formula is C13H11O. The number of hydrogen-bond acceptors (Lipinski definition) is 1. The summed E-state index contributed by atoms with van der Waals surface area (Å²) in [5.74, 6) is 0.0850. The van der Waals surface area contributed by atoms with E-state index in [4.69, 9.17) is 0 Å². The van der Waals surface area contributed by atoms with E-state index in [1.807, 2.05) is 42.5 Å². The Morgan fingerprint density at radius 1 is 1.07 bits per heavy atom. The minimum atomic E-state index is 0.0850. The van der Waals surface area contributed by atoms with Crippen molar-refractivity contribution in [2.75, 3.05) is 0 Å². The second kappa shape index (κ2) is 3.62. The SMILES string of the molecule is C[CH]C(=O)c1cccc2ccccc12. The molecule has 0 saturated carbocycles. The molecule has 0 saturated heterocycles. The maximum Gasteiger partial charge on any atom is 0.167 e. The Bertz CT molecular complexity index is 466. The molecule has 0 heterocycles. The van der Waals surface area contributed by atoms with Gasteiger partial charge in [0.15, 0.2) is 5.78 Å². The average molecular weight is 183 g/mol. The van der Waals surface area contributed by atoms with Crippen molar-refractivity contribution in [3.63, 3.8) is 0 Å². The predicted molar refractivity (Wildman–Crippen MR) is 58.3 cm³/mol. The second-order valence-electron chi connectivity index (χ2n) is 3.18. The monoisotopic (exact) mass is 183 g/mol. The fraction of sp³-hybridized carbons (Fsp3) is 0.0769. The van der Waals surface area contributed by atoms with Crippen LogP contribution in [0.3, 0.4) is 0 Å². The highest BCUT2D eigenvalue weighted by Gasteiger charge is 2.06. The highest BCUT2D eigenvalue weighted by Crippen LogP contribution is 2.19. The lowest BCUT2D eigenvalue weighted by atomic mass is 10.0. The topological polar surface area (TPSA) is 17.1 Å². The lowest BCUT2D eigenvalue weighted by Gasteiger charge is -2.03. The van der Waals surface area contributed by atoms with Crippen LogP contribution in [0.1, 0.15) is 17.3 Å². The van der Waals surface area contributed by atoms with E-state index in [9.17, 15) is 4.79 Å². The smallest absolute Gasteiger partial charge is 0.167 e. The molecule has 2 aromatic rings. The Morgan fingerprint density at radius 3 is 2.57 bits per heavy atom. The van der Waals surface area contributed by atoms with E-state index >= 15 is 0 Å². The lowest BCUT2D eigenvalue weighted by molar-refractivity contribution is 0.103. The predicted octanol–water partition coefficient (Wildman–Crippen LogP) is 3.25. The Kier molecular flexibility index (Phi) is 2.32. The fourth-order valence-electron chi connectivity index (χ4n) is 1.60. The van der Waals surface area contributed by atoms with Crippen molar-refractivity contribution in [3.8, 4) is 0 Å². The summed E-state index contributed by atoms with van der Waals surface area (Å²) in [5.41, 5.74) is 0.783. The molecule has 14 heavy (non-hydrogen) atoms. The summed E-state index contributed by atoms with van der Waals surface area (Å²) in [6.45, 7) is 1.77. The third-order valence-electron chi connectivity index (χ3n) is 2.32. The molecule has 2 aromatic carbocycles. The number of ketones is 1. The summed E-state index contributed by atoms with van der Waals surface area (Å²) < 4.78 is 0. The van der Waals surface area contributed by atoms with Crippen LogP contribution in [0, 0.1) is 6.42 Å². The van der Waals surface area contributed by atoms with E-state index in [1.54, 1.807) is 13.3 Å². The minimum absolute atomic E-state index is 0.0850. The van der Waals surface area contributed by atoms with Crippen molar-refractivity contribution >= 4 is 16.6 Å². The van der Waals surface area contributed by atoms with Crippen LogP contribution in [0.25, 0.3) is 10.8 Å². The molecule has 0 aromatic heterocycles.